The lowest BCUT2D eigenvalue weighted by atomic mass is 10.1. The number of ether oxygens (including phenoxy) is 1. The maximum atomic E-state index is 14.3. The molecule has 1 aliphatic heterocycles. The van der Waals surface area contributed by atoms with Crippen LogP contribution >= 0.6 is 0 Å². The van der Waals surface area contributed by atoms with Crippen molar-refractivity contribution >= 4 is 11.6 Å². The van der Waals surface area contributed by atoms with Gasteiger partial charge in [-0.2, -0.15) is 4.98 Å². The Morgan fingerprint density at radius 2 is 1.97 bits per heavy atom. The standard InChI is InChI=1S/C25H26FN7O3/c1-16-14-32(18-6-4-17(5-7-18)24-29-22(15-35-3)36-30-24)10-11-33(16)25-28-21(12-23(34)31(25)2)19-8-9-27-13-20(19)26/h4-9,12-13,16H,10-11,14-15H2,1-3H3/t16-/m1/s1. The number of halogens is 1. The molecule has 0 saturated carbocycles. The van der Waals surface area contributed by atoms with E-state index in [1.165, 1.54) is 22.9 Å². The average Bonchev–Trinajstić information content (AvgIpc) is 3.35. The van der Waals surface area contributed by atoms with Gasteiger partial charge in [0.15, 0.2) is 5.82 Å². The van der Waals surface area contributed by atoms with Crippen LogP contribution in [0, 0.1) is 5.82 Å². The van der Waals surface area contributed by atoms with Crippen molar-refractivity contribution < 1.29 is 13.7 Å². The molecule has 1 aliphatic rings. The molecule has 186 valence electrons. The van der Waals surface area contributed by atoms with E-state index in [1.54, 1.807) is 14.2 Å². The zero-order valence-corrected chi connectivity index (χ0v) is 20.3. The molecule has 10 nitrogen and oxygen atoms in total. The van der Waals surface area contributed by atoms with Gasteiger partial charge in [-0.05, 0) is 37.3 Å². The molecule has 1 atom stereocenters. The van der Waals surface area contributed by atoms with E-state index in [1.807, 2.05) is 24.3 Å². The fourth-order valence-electron chi connectivity index (χ4n) is 4.37. The van der Waals surface area contributed by atoms with E-state index in [0.29, 0.717) is 29.9 Å². The SMILES string of the molecule is COCc1nc(-c2ccc(N3CCN(c4nc(-c5ccncc5F)cc(=O)n4C)[C@H](C)C3)cc2)no1. The predicted octanol–water partition coefficient (Wildman–Crippen LogP) is 2.89. The zero-order valence-electron chi connectivity index (χ0n) is 20.3. The van der Waals surface area contributed by atoms with Crippen molar-refractivity contribution in [2.75, 3.05) is 36.5 Å². The van der Waals surface area contributed by atoms with Crippen LogP contribution in [0.25, 0.3) is 22.6 Å². The summed E-state index contributed by atoms with van der Waals surface area (Å²) >= 11 is 0. The molecule has 0 amide bonds. The highest BCUT2D eigenvalue weighted by atomic mass is 19.1. The normalized spacial score (nSPS) is 15.9. The van der Waals surface area contributed by atoms with Gasteiger partial charge in [0.25, 0.3) is 11.4 Å². The molecule has 4 heterocycles. The van der Waals surface area contributed by atoms with Crippen LogP contribution in [0.4, 0.5) is 16.0 Å². The van der Waals surface area contributed by atoms with Crippen molar-refractivity contribution in [1.82, 2.24) is 24.7 Å². The number of piperazine rings is 1. The van der Waals surface area contributed by atoms with E-state index in [0.717, 1.165) is 30.5 Å². The molecular weight excluding hydrogens is 465 g/mol. The maximum Gasteiger partial charge on any atom is 0.255 e. The van der Waals surface area contributed by atoms with Gasteiger partial charge in [-0.1, -0.05) is 5.16 Å². The molecule has 0 N–H and O–H groups in total. The van der Waals surface area contributed by atoms with Crippen LogP contribution in [-0.4, -0.2) is 57.5 Å². The highest BCUT2D eigenvalue weighted by molar-refractivity contribution is 5.62. The molecule has 1 saturated heterocycles. The average molecular weight is 492 g/mol. The van der Waals surface area contributed by atoms with Gasteiger partial charge in [0.05, 0.1) is 11.9 Å². The second-order valence-electron chi connectivity index (χ2n) is 8.67. The van der Waals surface area contributed by atoms with E-state index in [4.69, 9.17) is 9.26 Å². The minimum atomic E-state index is -0.513. The fraction of sp³-hybridized carbons (Fsp3) is 0.320. The number of nitrogens with zero attached hydrogens (tertiary/aromatic N) is 7. The minimum absolute atomic E-state index is 0.0582. The molecule has 0 spiro atoms. The van der Waals surface area contributed by atoms with Crippen molar-refractivity contribution in [3.05, 3.63) is 70.9 Å². The van der Waals surface area contributed by atoms with E-state index in [2.05, 4.69) is 36.8 Å². The van der Waals surface area contributed by atoms with Crippen LogP contribution in [0.1, 0.15) is 12.8 Å². The van der Waals surface area contributed by atoms with Gasteiger partial charge in [-0.25, -0.2) is 9.37 Å². The van der Waals surface area contributed by atoms with Gasteiger partial charge in [0.1, 0.15) is 6.61 Å². The number of methoxy groups -OCH3 is 1. The lowest BCUT2D eigenvalue weighted by Crippen LogP contribution is -2.53. The smallest absolute Gasteiger partial charge is 0.255 e. The van der Waals surface area contributed by atoms with Crippen LogP contribution in [0.5, 0.6) is 0 Å². The van der Waals surface area contributed by atoms with Crippen LogP contribution in [-0.2, 0) is 18.4 Å². The van der Waals surface area contributed by atoms with E-state index in [9.17, 15) is 9.18 Å². The van der Waals surface area contributed by atoms with Crippen LogP contribution < -0.4 is 15.4 Å². The number of benzene rings is 1. The van der Waals surface area contributed by atoms with Crippen molar-refractivity contribution in [2.24, 2.45) is 7.05 Å². The highest BCUT2D eigenvalue weighted by Gasteiger charge is 2.27. The second-order valence-corrected chi connectivity index (χ2v) is 8.67. The molecule has 4 aromatic rings. The molecule has 36 heavy (non-hydrogen) atoms. The minimum Gasteiger partial charge on any atom is -0.375 e. The first-order chi connectivity index (χ1) is 17.4. The quantitative estimate of drug-likeness (QED) is 0.403. The Morgan fingerprint density at radius 3 is 2.69 bits per heavy atom. The first kappa shape index (κ1) is 23.6. The Hall–Kier alpha value is -4.12. The third-order valence-corrected chi connectivity index (χ3v) is 6.27. The predicted molar refractivity (Wildman–Crippen MR) is 132 cm³/mol. The lowest BCUT2D eigenvalue weighted by molar-refractivity contribution is 0.151. The fourth-order valence-corrected chi connectivity index (χ4v) is 4.37. The number of rotatable bonds is 6. The summed E-state index contributed by atoms with van der Waals surface area (Å²) in [6.45, 7) is 4.46. The summed E-state index contributed by atoms with van der Waals surface area (Å²) in [5.74, 6) is 0.950. The zero-order chi connectivity index (χ0) is 25.2. The number of hydrogen-bond acceptors (Lipinski definition) is 9. The summed E-state index contributed by atoms with van der Waals surface area (Å²) in [4.78, 5) is 29.8. The summed E-state index contributed by atoms with van der Waals surface area (Å²) in [7, 11) is 3.26. The van der Waals surface area contributed by atoms with E-state index < -0.39 is 5.82 Å². The van der Waals surface area contributed by atoms with Crippen molar-refractivity contribution in [3.8, 4) is 22.6 Å². The van der Waals surface area contributed by atoms with Gasteiger partial charge in [-0.3, -0.25) is 14.3 Å². The number of aromatic nitrogens is 5. The molecular formula is C25H26FN7O3. The Kier molecular flexibility index (Phi) is 6.47. The van der Waals surface area contributed by atoms with Gasteiger partial charge in [0, 0.05) is 68.9 Å². The topological polar surface area (TPSA) is 102 Å². The summed E-state index contributed by atoms with van der Waals surface area (Å²) in [6, 6.07) is 10.9. The van der Waals surface area contributed by atoms with Crippen molar-refractivity contribution in [3.63, 3.8) is 0 Å². The van der Waals surface area contributed by atoms with Gasteiger partial charge in [0.2, 0.25) is 11.8 Å². The van der Waals surface area contributed by atoms with E-state index >= 15 is 0 Å². The van der Waals surface area contributed by atoms with Crippen molar-refractivity contribution in [2.45, 2.75) is 19.6 Å². The summed E-state index contributed by atoms with van der Waals surface area (Å²) < 4.78 is 26.0. The molecule has 0 radical (unpaired) electrons. The molecule has 0 aliphatic carbocycles. The van der Waals surface area contributed by atoms with Crippen LogP contribution in [0.3, 0.4) is 0 Å². The number of pyridine rings is 1. The van der Waals surface area contributed by atoms with Gasteiger partial charge < -0.3 is 19.1 Å². The van der Waals surface area contributed by atoms with Crippen LogP contribution in [0.2, 0.25) is 0 Å². The molecule has 11 heteroatoms. The van der Waals surface area contributed by atoms with Crippen molar-refractivity contribution in [1.29, 1.82) is 0 Å². The number of hydrogen-bond donors (Lipinski definition) is 0. The first-order valence-corrected chi connectivity index (χ1v) is 11.6. The molecule has 0 bridgehead atoms. The summed E-state index contributed by atoms with van der Waals surface area (Å²) in [5.41, 5.74) is 2.24. The molecule has 3 aromatic heterocycles. The van der Waals surface area contributed by atoms with Crippen LogP contribution in [0.15, 0.2) is 58.1 Å². The first-order valence-electron chi connectivity index (χ1n) is 11.6. The second kappa shape index (κ2) is 9.86. The third-order valence-electron chi connectivity index (χ3n) is 6.27. The number of anilines is 2. The largest absolute Gasteiger partial charge is 0.375 e. The van der Waals surface area contributed by atoms with Gasteiger partial charge in [-0.15, -0.1) is 0 Å². The molecule has 5 rings (SSSR count). The molecule has 1 aromatic carbocycles. The Morgan fingerprint density at radius 1 is 1.17 bits per heavy atom. The lowest BCUT2D eigenvalue weighted by Gasteiger charge is -2.42. The Bertz CT molecular complexity index is 1420. The molecule has 1 fully saturated rings. The summed E-state index contributed by atoms with van der Waals surface area (Å²) in [6.07, 6.45) is 2.61. The van der Waals surface area contributed by atoms with Gasteiger partial charge >= 0.3 is 0 Å². The maximum absolute atomic E-state index is 14.3. The monoisotopic (exact) mass is 491 g/mol. The van der Waals surface area contributed by atoms with E-state index in [-0.39, 0.29) is 23.8 Å². The summed E-state index contributed by atoms with van der Waals surface area (Å²) in [5, 5.41) is 4.00. The third kappa shape index (κ3) is 4.57. The molecule has 0 unspecified atom stereocenters. The Labute approximate surface area is 207 Å². The highest BCUT2D eigenvalue weighted by Crippen LogP contribution is 2.27. The Balaban J connectivity index is 1.34.